The molecule has 0 N–H and O–H groups in total. The fourth-order valence-electron chi connectivity index (χ4n) is 2.11. The van der Waals surface area contributed by atoms with Gasteiger partial charge in [0.15, 0.2) is 0 Å². The van der Waals surface area contributed by atoms with E-state index in [1.54, 1.807) is 14.2 Å². The average Bonchev–Trinajstić information content (AvgIpc) is 2.56. The van der Waals surface area contributed by atoms with Gasteiger partial charge in [-0.1, -0.05) is 31.2 Å². The Labute approximate surface area is 132 Å². The lowest BCUT2D eigenvalue weighted by Gasteiger charge is -2.30. The lowest BCUT2D eigenvalue weighted by Crippen LogP contribution is -2.42. The van der Waals surface area contributed by atoms with Crippen LogP contribution in [-0.4, -0.2) is 52.5 Å². The second-order valence-electron chi connectivity index (χ2n) is 5.42. The van der Waals surface area contributed by atoms with Gasteiger partial charge < -0.3 is 13.8 Å². The van der Waals surface area contributed by atoms with Crippen LogP contribution in [0.5, 0.6) is 0 Å². The van der Waals surface area contributed by atoms with Crippen molar-refractivity contribution < 1.29 is 13.8 Å². The van der Waals surface area contributed by atoms with Crippen molar-refractivity contribution in [2.75, 3.05) is 40.9 Å². The zero-order chi connectivity index (χ0) is 16.3. The zero-order valence-corrected chi connectivity index (χ0v) is 15.0. The molecule has 0 aromatic heterocycles. The molecule has 0 radical (unpaired) electrons. The van der Waals surface area contributed by atoms with Gasteiger partial charge in [-0.25, -0.2) is 0 Å². The molecule has 0 fully saturated rings. The maximum Gasteiger partial charge on any atom is 0.493 e. The molecule has 4 heteroatoms. The van der Waals surface area contributed by atoms with Crippen molar-refractivity contribution in [3.05, 3.63) is 29.8 Å². The molecule has 120 valence electrons. The Bertz CT molecular complexity index is 369. The van der Waals surface area contributed by atoms with E-state index in [0.717, 1.165) is 11.9 Å². The third-order valence-corrected chi connectivity index (χ3v) is 4.41. The maximum atomic E-state index is 5.21. The third kappa shape index (κ3) is 6.64. The Morgan fingerprint density at radius 3 is 1.71 bits per heavy atom. The Morgan fingerprint density at radius 2 is 1.38 bits per heavy atom. The molecular formula is C17H33BNO2+. The molecule has 21 heavy (non-hydrogen) atoms. The van der Waals surface area contributed by atoms with Crippen molar-refractivity contribution in [2.45, 2.75) is 34.1 Å². The molecule has 1 rings (SSSR count). The van der Waals surface area contributed by atoms with E-state index in [9.17, 15) is 0 Å². The Balaban J connectivity index is 0.000000433. The van der Waals surface area contributed by atoms with Crippen LogP contribution >= 0.6 is 0 Å². The summed E-state index contributed by atoms with van der Waals surface area (Å²) in [7, 11) is 5.36. The molecule has 0 aliphatic heterocycles. The van der Waals surface area contributed by atoms with Gasteiger partial charge in [0.2, 0.25) is 0 Å². The van der Waals surface area contributed by atoms with E-state index in [0.29, 0.717) is 0 Å². The molecule has 0 amide bonds. The van der Waals surface area contributed by atoms with Gasteiger partial charge in [-0.15, -0.1) is 0 Å². The minimum Gasteiger partial charge on any atom is -0.410 e. The van der Waals surface area contributed by atoms with Gasteiger partial charge in [-0.05, 0) is 38.2 Å². The van der Waals surface area contributed by atoms with Gasteiger partial charge in [-0.3, -0.25) is 0 Å². The van der Waals surface area contributed by atoms with Crippen molar-refractivity contribution in [2.24, 2.45) is 0 Å². The van der Waals surface area contributed by atoms with Crippen molar-refractivity contribution in [3.63, 3.8) is 0 Å². The summed E-state index contributed by atoms with van der Waals surface area (Å²) in [6.07, 6.45) is 0.999. The van der Waals surface area contributed by atoms with Gasteiger partial charge in [0, 0.05) is 14.2 Å². The van der Waals surface area contributed by atoms with Gasteiger partial charge in [0.25, 0.3) is 0 Å². The number of rotatable bonds is 7. The van der Waals surface area contributed by atoms with E-state index < -0.39 is 0 Å². The summed E-state index contributed by atoms with van der Waals surface area (Å²) in [5.74, 6) is 0. The van der Waals surface area contributed by atoms with Crippen LogP contribution < -0.4 is 5.46 Å². The lowest BCUT2D eigenvalue weighted by molar-refractivity contribution is -0.904. The first kappa shape index (κ1) is 20.2. The molecule has 0 saturated carbocycles. The first-order valence-electron chi connectivity index (χ1n) is 7.98. The summed E-state index contributed by atoms with van der Waals surface area (Å²) in [4.78, 5) is 0. The highest BCUT2D eigenvalue weighted by atomic mass is 16.6. The monoisotopic (exact) mass is 294 g/mol. The topological polar surface area (TPSA) is 18.5 Å². The normalized spacial score (nSPS) is 10.8. The Kier molecular flexibility index (Phi) is 10.4. The van der Waals surface area contributed by atoms with Gasteiger partial charge in [-0.2, -0.15) is 0 Å². The number of nitrogens with zero attached hydrogens (tertiary/aromatic N) is 1. The SMILES string of the molecule is CC[N+](C)(CC)CC.CCc1ccccc1B(OC)OC. The van der Waals surface area contributed by atoms with Crippen molar-refractivity contribution >= 4 is 12.6 Å². The molecule has 3 nitrogen and oxygen atoms in total. The van der Waals surface area contributed by atoms with Crippen molar-refractivity contribution in [3.8, 4) is 0 Å². The van der Waals surface area contributed by atoms with Gasteiger partial charge in [0.1, 0.15) is 0 Å². The van der Waals surface area contributed by atoms with E-state index in [-0.39, 0.29) is 7.12 Å². The highest BCUT2D eigenvalue weighted by Crippen LogP contribution is 2.00. The quantitative estimate of drug-likeness (QED) is 0.568. The van der Waals surface area contributed by atoms with Crippen LogP contribution in [0, 0.1) is 0 Å². The number of quaternary nitrogens is 1. The molecular weight excluding hydrogens is 261 g/mol. The molecule has 1 aromatic rings. The summed E-state index contributed by atoms with van der Waals surface area (Å²) >= 11 is 0. The van der Waals surface area contributed by atoms with Crippen LogP contribution in [0.2, 0.25) is 0 Å². The number of hydrogen-bond donors (Lipinski definition) is 0. The number of benzene rings is 1. The van der Waals surface area contributed by atoms with Gasteiger partial charge in [0.05, 0.1) is 26.7 Å². The van der Waals surface area contributed by atoms with Crippen molar-refractivity contribution in [1.82, 2.24) is 0 Å². The van der Waals surface area contributed by atoms with Crippen molar-refractivity contribution in [1.29, 1.82) is 0 Å². The predicted molar refractivity (Wildman–Crippen MR) is 93.0 cm³/mol. The van der Waals surface area contributed by atoms with Gasteiger partial charge >= 0.3 is 7.12 Å². The summed E-state index contributed by atoms with van der Waals surface area (Å²) in [6, 6.07) is 8.17. The molecule has 1 aromatic carbocycles. The minimum absolute atomic E-state index is 0.240. The lowest BCUT2D eigenvalue weighted by atomic mass is 9.75. The number of hydrogen-bond acceptors (Lipinski definition) is 2. The Hall–Kier alpha value is -0.835. The highest BCUT2D eigenvalue weighted by molar-refractivity contribution is 6.61. The summed E-state index contributed by atoms with van der Waals surface area (Å²) < 4.78 is 11.6. The summed E-state index contributed by atoms with van der Waals surface area (Å²) in [5, 5.41) is 0. The first-order valence-corrected chi connectivity index (χ1v) is 7.98. The molecule has 0 aliphatic rings. The molecule has 0 spiro atoms. The van der Waals surface area contributed by atoms with Crippen LogP contribution in [0.1, 0.15) is 33.3 Å². The van der Waals surface area contributed by atoms with E-state index in [1.165, 1.54) is 29.7 Å². The molecule has 0 aliphatic carbocycles. The van der Waals surface area contributed by atoms with Crippen LogP contribution in [-0.2, 0) is 15.7 Å². The molecule has 0 bridgehead atoms. The molecule has 0 atom stereocenters. The fraction of sp³-hybridized carbons (Fsp3) is 0.647. The standard InChI is InChI=1S/C10H15BO2.C7H18N/c1-4-9-7-5-6-8-10(9)11(12-2)13-3;1-5-8(4,6-2)7-3/h5-8H,4H2,1-3H3;5-7H2,1-4H3/q;+1. The molecule has 0 heterocycles. The highest BCUT2D eigenvalue weighted by Gasteiger charge is 2.19. The fourth-order valence-corrected chi connectivity index (χ4v) is 2.11. The maximum absolute atomic E-state index is 5.21. The van der Waals surface area contributed by atoms with E-state index in [1.807, 2.05) is 18.2 Å². The summed E-state index contributed by atoms with van der Waals surface area (Å²) in [6.45, 7) is 12.6. The third-order valence-electron chi connectivity index (χ3n) is 4.41. The van der Waals surface area contributed by atoms with E-state index >= 15 is 0 Å². The number of aryl methyl sites for hydroxylation is 1. The molecule has 0 unspecified atom stereocenters. The molecule has 0 saturated heterocycles. The minimum atomic E-state index is -0.240. The predicted octanol–water partition coefficient (Wildman–Crippen LogP) is 2.73. The largest absolute Gasteiger partial charge is 0.493 e. The zero-order valence-electron chi connectivity index (χ0n) is 15.0. The smallest absolute Gasteiger partial charge is 0.410 e. The summed E-state index contributed by atoms with van der Waals surface area (Å²) in [5.41, 5.74) is 2.39. The van der Waals surface area contributed by atoms with Crippen LogP contribution in [0.4, 0.5) is 0 Å². The van der Waals surface area contributed by atoms with E-state index in [2.05, 4.69) is 40.8 Å². The van der Waals surface area contributed by atoms with E-state index in [4.69, 9.17) is 9.31 Å². The second kappa shape index (κ2) is 10.8. The second-order valence-corrected chi connectivity index (χ2v) is 5.42. The first-order chi connectivity index (χ1) is 10.0. The van der Waals surface area contributed by atoms with Crippen LogP contribution in [0.3, 0.4) is 0 Å². The Morgan fingerprint density at radius 1 is 0.905 bits per heavy atom. The van der Waals surface area contributed by atoms with Crippen LogP contribution in [0.15, 0.2) is 24.3 Å². The van der Waals surface area contributed by atoms with Crippen LogP contribution in [0.25, 0.3) is 0 Å². The average molecular weight is 294 g/mol.